The number of ether oxygens (including phenoxy) is 5. The molecule has 1 aliphatic heterocycles. The fourth-order valence-corrected chi connectivity index (χ4v) is 3.25. The molecule has 4 unspecified atom stereocenters. The lowest BCUT2D eigenvalue weighted by molar-refractivity contribution is -0.169. The van der Waals surface area contributed by atoms with Gasteiger partial charge in [0.25, 0.3) is 0 Å². The van der Waals surface area contributed by atoms with E-state index >= 15 is 0 Å². The maximum atomic E-state index is 12.2. The zero-order valence-corrected chi connectivity index (χ0v) is 18.3. The monoisotopic (exact) mass is 450 g/mol. The van der Waals surface area contributed by atoms with Gasteiger partial charge in [0, 0.05) is 19.3 Å². The molecule has 2 aromatic rings. The summed E-state index contributed by atoms with van der Waals surface area (Å²) in [5, 5.41) is 0. The van der Waals surface area contributed by atoms with Crippen molar-refractivity contribution in [3.8, 4) is 5.88 Å². The summed E-state index contributed by atoms with van der Waals surface area (Å²) in [5.74, 6) is -1.20. The van der Waals surface area contributed by atoms with E-state index in [-0.39, 0.29) is 31.7 Å². The number of hydrogen-bond donors (Lipinski definition) is 0. The fourth-order valence-electron chi connectivity index (χ4n) is 3.25. The Kier molecular flexibility index (Phi) is 7.57. The number of imidazole rings is 1. The predicted octanol–water partition coefficient (Wildman–Crippen LogP) is 1.33. The molecule has 174 valence electrons. The molecular formula is C20H26N4O8. The van der Waals surface area contributed by atoms with Crippen molar-refractivity contribution < 1.29 is 38.1 Å². The van der Waals surface area contributed by atoms with Crippen molar-refractivity contribution in [2.45, 2.75) is 64.6 Å². The average Bonchev–Trinajstić information content (AvgIpc) is 3.38. The van der Waals surface area contributed by atoms with Crippen molar-refractivity contribution >= 4 is 29.1 Å². The highest BCUT2D eigenvalue weighted by atomic mass is 16.7. The lowest BCUT2D eigenvalue weighted by Gasteiger charge is -2.24. The topological polar surface area (TPSA) is 141 Å². The minimum Gasteiger partial charge on any atom is -0.479 e. The first-order chi connectivity index (χ1) is 15.4. The van der Waals surface area contributed by atoms with Crippen molar-refractivity contribution in [2.24, 2.45) is 0 Å². The molecule has 3 heterocycles. The van der Waals surface area contributed by atoms with Crippen LogP contribution in [-0.4, -0.2) is 69.5 Å². The molecule has 12 heteroatoms. The second kappa shape index (κ2) is 10.4. The third-order valence-electron chi connectivity index (χ3n) is 4.89. The van der Waals surface area contributed by atoms with E-state index in [4.69, 9.17) is 23.7 Å². The van der Waals surface area contributed by atoms with Crippen LogP contribution in [0.4, 0.5) is 0 Å². The molecule has 0 radical (unpaired) electrons. The third-order valence-corrected chi connectivity index (χ3v) is 4.89. The summed E-state index contributed by atoms with van der Waals surface area (Å²) in [6, 6.07) is 0. The van der Waals surface area contributed by atoms with Crippen LogP contribution in [0.5, 0.6) is 5.88 Å². The van der Waals surface area contributed by atoms with Crippen molar-refractivity contribution in [3.63, 3.8) is 0 Å². The van der Waals surface area contributed by atoms with Gasteiger partial charge in [0.05, 0.1) is 13.4 Å². The van der Waals surface area contributed by atoms with E-state index in [2.05, 4.69) is 15.0 Å². The first kappa shape index (κ1) is 23.4. The Morgan fingerprint density at radius 3 is 2.25 bits per heavy atom. The molecule has 0 N–H and O–H groups in total. The number of esters is 3. The third kappa shape index (κ3) is 4.79. The van der Waals surface area contributed by atoms with E-state index in [0.717, 1.165) is 0 Å². The Hall–Kier alpha value is -3.28. The fraction of sp³-hybridized carbons (Fsp3) is 0.600. The number of fused-ring (bicyclic) bond motifs is 1. The number of nitrogens with zero attached hydrogens (tertiary/aromatic N) is 4. The molecule has 0 aromatic carbocycles. The van der Waals surface area contributed by atoms with Gasteiger partial charge in [-0.25, -0.2) is 9.97 Å². The SMILES string of the molecule is CCC(=O)OCC1OC(n2cnc3c(OC)ncnc32)C(OC(=O)CC)C1OC(=O)CC. The van der Waals surface area contributed by atoms with Crippen molar-refractivity contribution in [3.05, 3.63) is 12.7 Å². The molecule has 0 aliphatic carbocycles. The molecule has 0 spiro atoms. The van der Waals surface area contributed by atoms with Gasteiger partial charge in [-0.05, 0) is 0 Å². The van der Waals surface area contributed by atoms with Gasteiger partial charge in [-0.1, -0.05) is 20.8 Å². The Bertz CT molecular complexity index is 978. The molecular weight excluding hydrogens is 424 g/mol. The average molecular weight is 450 g/mol. The number of rotatable bonds is 9. The minimum absolute atomic E-state index is 0.105. The van der Waals surface area contributed by atoms with E-state index < -0.39 is 42.4 Å². The molecule has 0 saturated carbocycles. The smallest absolute Gasteiger partial charge is 0.306 e. The number of hydrogen-bond acceptors (Lipinski definition) is 11. The summed E-state index contributed by atoms with van der Waals surface area (Å²) in [6.45, 7) is 4.76. The molecule has 0 amide bonds. The van der Waals surface area contributed by atoms with Crippen LogP contribution in [0.1, 0.15) is 46.3 Å². The highest BCUT2D eigenvalue weighted by Gasteiger charge is 2.51. The molecule has 1 aliphatic rings. The van der Waals surface area contributed by atoms with E-state index in [0.29, 0.717) is 11.2 Å². The molecule has 2 aromatic heterocycles. The van der Waals surface area contributed by atoms with Crippen LogP contribution in [0, 0.1) is 0 Å². The van der Waals surface area contributed by atoms with Crippen LogP contribution in [0.3, 0.4) is 0 Å². The quantitative estimate of drug-likeness (QED) is 0.403. The first-order valence-electron chi connectivity index (χ1n) is 10.3. The van der Waals surface area contributed by atoms with Crippen molar-refractivity contribution in [1.82, 2.24) is 19.5 Å². The molecule has 3 rings (SSSR count). The van der Waals surface area contributed by atoms with Crippen molar-refractivity contribution in [1.29, 1.82) is 0 Å². The number of carbonyl (C=O) groups excluding carboxylic acids is 3. The standard InChI is InChI=1S/C20H26N4O8/c1-5-12(25)29-8-11-16(31-13(26)6-2)17(32-14(27)7-3)20(30-11)24-10-23-15-18(24)21-9-22-19(15)28-4/h9-11,16-17,20H,5-8H2,1-4H3. The first-order valence-corrected chi connectivity index (χ1v) is 10.3. The van der Waals surface area contributed by atoms with Gasteiger partial charge in [0.2, 0.25) is 5.88 Å². The Morgan fingerprint density at radius 1 is 0.969 bits per heavy atom. The van der Waals surface area contributed by atoms with Crippen LogP contribution >= 0.6 is 0 Å². The minimum atomic E-state index is -1.03. The maximum Gasteiger partial charge on any atom is 0.306 e. The van der Waals surface area contributed by atoms with Gasteiger partial charge in [-0.2, -0.15) is 4.98 Å². The van der Waals surface area contributed by atoms with Crippen molar-refractivity contribution in [2.75, 3.05) is 13.7 Å². The summed E-state index contributed by atoms with van der Waals surface area (Å²) in [5.41, 5.74) is 0.744. The summed E-state index contributed by atoms with van der Waals surface area (Å²) >= 11 is 0. The van der Waals surface area contributed by atoms with E-state index in [1.807, 2.05) is 0 Å². The summed E-state index contributed by atoms with van der Waals surface area (Å²) in [4.78, 5) is 48.5. The second-order valence-electron chi connectivity index (χ2n) is 6.92. The highest BCUT2D eigenvalue weighted by Crippen LogP contribution is 2.36. The summed E-state index contributed by atoms with van der Waals surface area (Å²) < 4.78 is 29.3. The Labute approximate surface area is 184 Å². The van der Waals surface area contributed by atoms with Gasteiger partial charge in [0.1, 0.15) is 19.0 Å². The predicted molar refractivity (Wildman–Crippen MR) is 107 cm³/mol. The summed E-state index contributed by atoms with van der Waals surface area (Å²) in [6.07, 6.45) is -0.724. The van der Waals surface area contributed by atoms with Gasteiger partial charge >= 0.3 is 17.9 Å². The van der Waals surface area contributed by atoms with E-state index in [9.17, 15) is 14.4 Å². The zero-order chi connectivity index (χ0) is 23.3. The molecule has 12 nitrogen and oxygen atoms in total. The number of aromatic nitrogens is 4. The van der Waals surface area contributed by atoms with Crippen LogP contribution in [0.25, 0.3) is 11.2 Å². The van der Waals surface area contributed by atoms with Crippen LogP contribution in [0.2, 0.25) is 0 Å². The van der Waals surface area contributed by atoms with Gasteiger partial charge in [0.15, 0.2) is 29.6 Å². The Morgan fingerprint density at radius 2 is 1.62 bits per heavy atom. The lowest BCUT2D eigenvalue weighted by atomic mass is 10.1. The normalized spacial score (nSPS) is 22.5. The molecule has 1 saturated heterocycles. The highest BCUT2D eigenvalue weighted by molar-refractivity contribution is 5.76. The second-order valence-corrected chi connectivity index (χ2v) is 6.92. The summed E-state index contributed by atoms with van der Waals surface area (Å²) in [7, 11) is 1.46. The van der Waals surface area contributed by atoms with E-state index in [1.165, 1.54) is 19.8 Å². The van der Waals surface area contributed by atoms with E-state index in [1.54, 1.807) is 25.3 Å². The van der Waals surface area contributed by atoms with Gasteiger partial charge in [-0.3, -0.25) is 19.0 Å². The number of methoxy groups -OCH3 is 1. The lowest BCUT2D eigenvalue weighted by Crippen LogP contribution is -2.41. The van der Waals surface area contributed by atoms with Gasteiger partial charge in [-0.15, -0.1) is 0 Å². The molecule has 1 fully saturated rings. The molecule has 0 bridgehead atoms. The largest absolute Gasteiger partial charge is 0.479 e. The molecule has 4 atom stereocenters. The zero-order valence-electron chi connectivity index (χ0n) is 18.3. The Balaban J connectivity index is 2.01. The number of carbonyl (C=O) groups is 3. The van der Waals surface area contributed by atoms with Crippen LogP contribution < -0.4 is 4.74 Å². The van der Waals surface area contributed by atoms with Gasteiger partial charge < -0.3 is 23.7 Å². The maximum absolute atomic E-state index is 12.2. The molecule has 32 heavy (non-hydrogen) atoms. The van der Waals surface area contributed by atoms with Crippen LogP contribution in [-0.2, 0) is 33.3 Å². The van der Waals surface area contributed by atoms with Crippen LogP contribution in [0.15, 0.2) is 12.7 Å².